The molecule has 0 unspecified atom stereocenters. The van der Waals surface area contributed by atoms with Gasteiger partial charge in [0.1, 0.15) is 0 Å². The van der Waals surface area contributed by atoms with Crippen LogP contribution in [0.2, 0.25) is 0 Å². The molecular weight excluding hydrogens is 362 g/mol. The number of carbonyl (C=O) groups is 2. The summed E-state index contributed by atoms with van der Waals surface area (Å²) in [5.74, 6) is 0.149. The predicted octanol–water partition coefficient (Wildman–Crippen LogP) is 6.58. The number of ether oxygens (including phenoxy) is 1. The van der Waals surface area contributed by atoms with Gasteiger partial charge in [0, 0.05) is 25.6 Å². The highest BCUT2D eigenvalue weighted by Gasteiger charge is 2.18. The highest BCUT2D eigenvalue weighted by Crippen LogP contribution is 2.15. The Kier molecular flexibility index (Phi) is 16.6. The summed E-state index contributed by atoms with van der Waals surface area (Å²) in [5.41, 5.74) is 0. The molecule has 168 valence electrons. The first-order chi connectivity index (χ1) is 14.2. The van der Waals surface area contributed by atoms with Crippen LogP contribution in [0.4, 0.5) is 0 Å². The molecule has 1 aliphatic rings. The molecule has 1 fully saturated rings. The Balaban J connectivity index is 1.69. The van der Waals surface area contributed by atoms with Gasteiger partial charge in [0.15, 0.2) is 0 Å². The fourth-order valence-corrected chi connectivity index (χ4v) is 4.00. The van der Waals surface area contributed by atoms with Crippen molar-refractivity contribution in [2.24, 2.45) is 0 Å². The molecule has 0 bridgehead atoms. The molecule has 0 aliphatic carbocycles. The number of carbonyl (C=O) groups excluding carboxylic acids is 2. The Morgan fingerprint density at radius 1 is 0.828 bits per heavy atom. The third kappa shape index (κ3) is 15.2. The predicted molar refractivity (Wildman–Crippen MR) is 121 cm³/mol. The molecule has 4 heteroatoms. The van der Waals surface area contributed by atoms with Gasteiger partial charge in [-0.3, -0.25) is 4.79 Å². The maximum atomic E-state index is 11.5. The standard InChI is InChI=1S/C25H45NO3/c1-2-19-25(28)29-23-17-15-13-11-9-7-5-3-4-6-8-10-12-14-16-21-26-22-18-20-24(26)27/h2,19H,3-18,20-23H2,1H3. The zero-order valence-corrected chi connectivity index (χ0v) is 19.0. The quantitative estimate of drug-likeness (QED) is 0.138. The third-order valence-electron chi connectivity index (χ3n) is 5.79. The number of nitrogens with zero attached hydrogens (tertiary/aromatic N) is 1. The summed E-state index contributed by atoms with van der Waals surface area (Å²) in [5, 5.41) is 0. The van der Waals surface area contributed by atoms with E-state index in [1.54, 1.807) is 6.08 Å². The van der Waals surface area contributed by atoms with Gasteiger partial charge >= 0.3 is 5.97 Å². The van der Waals surface area contributed by atoms with Crippen molar-refractivity contribution >= 4 is 11.9 Å². The van der Waals surface area contributed by atoms with Gasteiger partial charge in [-0.25, -0.2) is 4.79 Å². The Morgan fingerprint density at radius 3 is 1.76 bits per heavy atom. The van der Waals surface area contributed by atoms with Crippen LogP contribution in [-0.4, -0.2) is 36.5 Å². The number of amides is 1. The first-order valence-electron chi connectivity index (χ1n) is 12.3. The molecule has 0 aromatic carbocycles. The van der Waals surface area contributed by atoms with Crippen molar-refractivity contribution in [2.75, 3.05) is 19.7 Å². The first kappa shape index (κ1) is 25.7. The van der Waals surface area contributed by atoms with E-state index in [1.165, 1.54) is 89.5 Å². The average molecular weight is 408 g/mol. The number of hydrogen-bond donors (Lipinski definition) is 0. The van der Waals surface area contributed by atoms with Gasteiger partial charge in [0.25, 0.3) is 0 Å². The lowest BCUT2D eigenvalue weighted by Gasteiger charge is -2.14. The van der Waals surface area contributed by atoms with Crippen LogP contribution in [0.3, 0.4) is 0 Å². The third-order valence-corrected chi connectivity index (χ3v) is 5.79. The van der Waals surface area contributed by atoms with E-state index in [1.807, 2.05) is 11.8 Å². The zero-order chi connectivity index (χ0) is 21.0. The lowest BCUT2D eigenvalue weighted by Crippen LogP contribution is -2.25. The molecule has 1 heterocycles. The van der Waals surface area contributed by atoms with E-state index in [9.17, 15) is 9.59 Å². The summed E-state index contributed by atoms with van der Waals surface area (Å²) >= 11 is 0. The van der Waals surface area contributed by atoms with Crippen molar-refractivity contribution in [3.8, 4) is 0 Å². The molecule has 0 radical (unpaired) electrons. The van der Waals surface area contributed by atoms with Crippen LogP contribution in [0.15, 0.2) is 12.2 Å². The SMILES string of the molecule is CC=CC(=O)OCCCCCCCCCCCCCCCCCN1CCCC1=O. The van der Waals surface area contributed by atoms with Gasteiger partial charge in [-0.2, -0.15) is 0 Å². The Morgan fingerprint density at radius 2 is 1.31 bits per heavy atom. The second kappa shape index (κ2) is 18.7. The summed E-state index contributed by atoms with van der Waals surface area (Å²) in [7, 11) is 0. The topological polar surface area (TPSA) is 46.6 Å². The van der Waals surface area contributed by atoms with Gasteiger partial charge in [-0.15, -0.1) is 0 Å². The van der Waals surface area contributed by atoms with Crippen LogP contribution in [0, 0.1) is 0 Å². The molecule has 1 saturated heterocycles. The van der Waals surface area contributed by atoms with Gasteiger partial charge < -0.3 is 9.64 Å². The molecule has 0 N–H and O–H groups in total. The number of unbranched alkanes of at least 4 members (excludes halogenated alkanes) is 14. The van der Waals surface area contributed by atoms with Crippen LogP contribution >= 0.6 is 0 Å². The average Bonchev–Trinajstić information content (AvgIpc) is 3.12. The summed E-state index contributed by atoms with van der Waals surface area (Å²) in [6.45, 7) is 4.36. The summed E-state index contributed by atoms with van der Waals surface area (Å²) in [4.78, 5) is 24.7. The minimum absolute atomic E-state index is 0.220. The van der Waals surface area contributed by atoms with Crippen molar-refractivity contribution in [2.45, 2.75) is 116 Å². The Labute approximate surface area is 179 Å². The normalized spacial score (nSPS) is 14.2. The molecule has 0 aromatic rings. The second-order valence-electron chi connectivity index (χ2n) is 8.46. The number of esters is 1. The maximum absolute atomic E-state index is 11.5. The van der Waals surface area contributed by atoms with Crippen molar-refractivity contribution in [1.29, 1.82) is 0 Å². The van der Waals surface area contributed by atoms with E-state index >= 15 is 0 Å². The Hall–Kier alpha value is -1.32. The van der Waals surface area contributed by atoms with E-state index in [0.717, 1.165) is 38.8 Å². The molecule has 0 spiro atoms. The molecule has 1 amide bonds. The first-order valence-corrected chi connectivity index (χ1v) is 12.3. The fraction of sp³-hybridized carbons (Fsp3) is 0.840. The monoisotopic (exact) mass is 407 g/mol. The lowest BCUT2D eigenvalue weighted by atomic mass is 10.0. The van der Waals surface area contributed by atoms with Crippen LogP contribution in [0.5, 0.6) is 0 Å². The molecular formula is C25H45NO3. The van der Waals surface area contributed by atoms with Crippen LogP contribution < -0.4 is 0 Å². The maximum Gasteiger partial charge on any atom is 0.330 e. The number of likely N-dealkylation sites (tertiary alicyclic amines) is 1. The second-order valence-corrected chi connectivity index (χ2v) is 8.46. The van der Waals surface area contributed by atoms with E-state index in [4.69, 9.17) is 4.74 Å². The summed E-state index contributed by atoms with van der Waals surface area (Å²) in [6, 6.07) is 0. The summed E-state index contributed by atoms with van der Waals surface area (Å²) < 4.78 is 5.09. The Bertz CT molecular complexity index is 447. The van der Waals surface area contributed by atoms with Gasteiger partial charge in [-0.05, 0) is 26.2 Å². The minimum Gasteiger partial charge on any atom is -0.463 e. The van der Waals surface area contributed by atoms with E-state index < -0.39 is 0 Å². The van der Waals surface area contributed by atoms with E-state index in [2.05, 4.69) is 0 Å². The smallest absolute Gasteiger partial charge is 0.330 e. The van der Waals surface area contributed by atoms with Crippen molar-refractivity contribution < 1.29 is 14.3 Å². The van der Waals surface area contributed by atoms with Gasteiger partial charge in [0.2, 0.25) is 5.91 Å². The minimum atomic E-state index is -0.220. The van der Waals surface area contributed by atoms with Gasteiger partial charge in [-0.1, -0.05) is 89.5 Å². The lowest BCUT2D eigenvalue weighted by molar-refractivity contribution is -0.137. The molecule has 0 aromatic heterocycles. The van der Waals surface area contributed by atoms with Crippen molar-refractivity contribution in [3.63, 3.8) is 0 Å². The molecule has 0 saturated carbocycles. The molecule has 29 heavy (non-hydrogen) atoms. The van der Waals surface area contributed by atoms with Crippen LogP contribution in [-0.2, 0) is 14.3 Å². The molecule has 1 rings (SSSR count). The number of hydrogen-bond acceptors (Lipinski definition) is 3. The summed E-state index contributed by atoms with van der Waals surface area (Å²) in [6.07, 6.45) is 24.5. The fourth-order valence-electron chi connectivity index (χ4n) is 4.00. The van der Waals surface area contributed by atoms with Crippen molar-refractivity contribution in [1.82, 2.24) is 4.90 Å². The zero-order valence-electron chi connectivity index (χ0n) is 19.0. The van der Waals surface area contributed by atoms with E-state index in [0.29, 0.717) is 12.5 Å². The van der Waals surface area contributed by atoms with Gasteiger partial charge in [0.05, 0.1) is 6.61 Å². The molecule has 0 atom stereocenters. The largest absolute Gasteiger partial charge is 0.463 e. The molecule has 1 aliphatic heterocycles. The molecule has 4 nitrogen and oxygen atoms in total. The highest BCUT2D eigenvalue weighted by atomic mass is 16.5. The number of rotatable bonds is 19. The van der Waals surface area contributed by atoms with Crippen molar-refractivity contribution in [3.05, 3.63) is 12.2 Å². The van der Waals surface area contributed by atoms with Crippen LogP contribution in [0.25, 0.3) is 0 Å². The van der Waals surface area contributed by atoms with Crippen LogP contribution in [0.1, 0.15) is 116 Å². The number of allylic oxidation sites excluding steroid dienone is 1. The highest BCUT2D eigenvalue weighted by molar-refractivity contribution is 5.81. The van der Waals surface area contributed by atoms with E-state index in [-0.39, 0.29) is 5.97 Å².